The van der Waals surface area contributed by atoms with Gasteiger partial charge < -0.3 is 5.11 Å². The first-order chi connectivity index (χ1) is 7.49. The Morgan fingerprint density at radius 3 is 2.56 bits per heavy atom. The number of halogens is 2. The number of carbonyl (C=O) groups is 1. The summed E-state index contributed by atoms with van der Waals surface area (Å²) < 4.78 is 11.5. The van der Waals surface area contributed by atoms with Crippen LogP contribution >= 0.6 is 23.2 Å². The molecule has 16 heavy (non-hydrogen) atoms. The quantitative estimate of drug-likeness (QED) is 0.902. The Kier molecular flexibility index (Phi) is 5.25. The van der Waals surface area contributed by atoms with Crippen LogP contribution in [0.3, 0.4) is 0 Å². The molecule has 0 aliphatic rings. The van der Waals surface area contributed by atoms with Crippen molar-refractivity contribution in [3.8, 4) is 0 Å². The molecule has 1 atom stereocenters. The van der Waals surface area contributed by atoms with Gasteiger partial charge in [0.2, 0.25) is 0 Å². The third-order valence-electron chi connectivity index (χ3n) is 1.86. The Labute approximate surface area is 106 Å². The Morgan fingerprint density at radius 2 is 2.00 bits per heavy atom. The van der Waals surface area contributed by atoms with Gasteiger partial charge in [0.25, 0.3) is 0 Å². The summed E-state index contributed by atoms with van der Waals surface area (Å²) in [6.45, 7) is 0. The molecule has 0 aliphatic carbocycles. The normalized spacial score (nSPS) is 12.4. The summed E-state index contributed by atoms with van der Waals surface area (Å²) in [4.78, 5) is 10.3. The van der Waals surface area contributed by atoms with Crippen molar-refractivity contribution in [2.45, 2.75) is 12.2 Å². The van der Waals surface area contributed by atoms with Gasteiger partial charge in [-0.15, -0.1) is 0 Å². The molecule has 0 aromatic heterocycles. The predicted octanol–water partition coefficient (Wildman–Crippen LogP) is 2.72. The minimum atomic E-state index is -1.19. The number of carboxylic acids is 1. The van der Waals surface area contributed by atoms with Crippen LogP contribution in [0.2, 0.25) is 10.0 Å². The summed E-state index contributed by atoms with van der Waals surface area (Å²) in [6, 6.07) is 5.00. The van der Waals surface area contributed by atoms with Gasteiger partial charge in [-0.2, -0.15) is 0 Å². The van der Waals surface area contributed by atoms with Gasteiger partial charge in [-0.25, -0.2) is 0 Å². The number of carboxylic acid groups (broad SMARTS) is 1. The van der Waals surface area contributed by atoms with Crippen molar-refractivity contribution in [2.75, 3.05) is 5.75 Å². The second-order valence-corrected chi connectivity index (χ2v) is 5.57. The Morgan fingerprint density at radius 1 is 1.31 bits per heavy atom. The first-order valence-corrected chi connectivity index (χ1v) is 6.74. The molecule has 0 saturated carbocycles. The Hall–Kier alpha value is -0.580. The van der Waals surface area contributed by atoms with Crippen LogP contribution in [0, 0.1) is 0 Å². The molecule has 1 aromatic rings. The van der Waals surface area contributed by atoms with Crippen LogP contribution in [0.4, 0.5) is 0 Å². The average molecular weight is 281 g/mol. The molecule has 88 valence electrons. The fourth-order valence-corrected chi connectivity index (χ4v) is 2.51. The highest BCUT2D eigenvalue weighted by Crippen LogP contribution is 2.23. The van der Waals surface area contributed by atoms with Crippen LogP contribution in [0.5, 0.6) is 0 Å². The highest BCUT2D eigenvalue weighted by molar-refractivity contribution is 7.84. The van der Waals surface area contributed by atoms with Crippen molar-refractivity contribution in [2.24, 2.45) is 0 Å². The minimum Gasteiger partial charge on any atom is -0.481 e. The van der Waals surface area contributed by atoms with Gasteiger partial charge in [-0.05, 0) is 17.7 Å². The van der Waals surface area contributed by atoms with Crippen molar-refractivity contribution in [3.05, 3.63) is 33.8 Å². The maximum absolute atomic E-state index is 11.5. The monoisotopic (exact) mass is 280 g/mol. The summed E-state index contributed by atoms with van der Waals surface area (Å²) in [7, 11) is -1.19. The third-order valence-corrected chi connectivity index (χ3v) is 3.91. The molecular formula is C10H10Cl2O3S. The molecule has 1 unspecified atom stereocenters. The van der Waals surface area contributed by atoms with E-state index in [1.54, 1.807) is 18.2 Å². The molecule has 0 saturated heterocycles. The van der Waals surface area contributed by atoms with Gasteiger partial charge in [0.1, 0.15) is 0 Å². The summed E-state index contributed by atoms with van der Waals surface area (Å²) >= 11 is 11.5. The van der Waals surface area contributed by atoms with Crippen LogP contribution in [0.1, 0.15) is 12.0 Å². The topological polar surface area (TPSA) is 54.4 Å². The third kappa shape index (κ3) is 4.51. The Balaban J connectivity index is 2.56. The molecule has 1 aromatic carbocycles. The summed E-state index contributed by atoms with van der Waals surface area (Å²) in [5.41, 5.74) is 0.790. The SMILES string of the molecule is O=C(O)CCS(=O)Cc1ccc(Cl)c(Cl)c1. The molecule has 0 radical (unpaired) electrons. The summed E-state index contributed by atoms with van der Waals surface area (Å²) in [5, 5.41) is 9.29. The summed E-state index contributed by atoms with van der Waals surface area (Å²) in [5.74, 6) is -0.498. The van der Waals surface area contributed by atoms with Crippen molar-refractivity contribution in [1.29, 1.82) is 0 Å². The van der Waals surface area contributed by atoms with E-state index in [9.17, 15) is 9.00 Å². The molecule has 0 amide bonds. The number of hydrogen-bond acceptors (Lipinski definition) is 2. The lowest BCUT2D eigenvalue weighted by Gasteiger charge is -2.02. The average Bonchev–Trinajstić information content (AvgIpc) is 2.21. The molecule has 6 heteroatoms. The van der Waals surface area contributed by atoms with Crippen LogP contribution in [-0.4, -0.2) is 21.0 Å². The van der Waals surface area contributed by atoms with E-state index in [1.165, 1.54) is 0 Å². The van der Waals surface area contributed by atoms with Gasteiger partial charge in [-0.1, -0.05) is 29.3 Å². The molecular weight excluding hydrogens is 271 g/mol. The van der Waals surface area contributed by atoms with Crippen molar-refractivity contribution >= 4 is 40.0 Å². The van der Waals surface area contributed by atoms with Gasteiger partial charge in [0.15, 0.2) is 0 Å². The molecule has 0 spiro atoms. The smallest absolute Gasteiger partial charge is 0.304 e. The van der Waals surface area contributed by atoms with Gasteiger partial charge in [0, 0.05) is 22.3 Å². The molecule has 0 heterocycles. The van der Waals surface area contributed by atoms with E-state index in [2.05, 4.69) is 0 Å². The van der Waals surface area contributed by atoms with Crippen molar-refractivity contribution in [3.63, 3.8) is 0 Å². The van der Waals surface area contributed by atoms with Crippen LogP contribution < -0.4 is 0 Å². The van der Waals surface area contributed by atoms with Gasteiger partial charge in [0.05, 0.1) is 16.5 Å². The molecule has 1 rings (SSSR count). The highest BCUT2D eigenvalue weighted by Gasteiger charge is 2.06. The Bertz CT molecular complexity index is 421. The second kappa shape index (κ2) is 6.23. The maximum Gasteiger partial charge on any atom is 0.304 e. The molecule has 0 fully saturated rings. The van der Waals surface area contributed by atoms with E-state index in [0.29, 0.717) is 15.8 Å². The van der Waals surface area contributed by atoms with Crippen LogP contribution in [-0.2, 0) is 21.3 Å². The zero-order valence-corrected chi connectivity index (χ0v) is 10.6. The predicted molar refractivity (Wildman–Crippen MR) is 65.4 cm³/mol. The van der Waals surface area contributed by atoms with E-state index in [1.807, 2.05) is 0 Å². The lowest BCUT2D eigenvalue weighted by atomic mass is 10.2. The van der Waals surface area contributed by atoms with Gasteiger partial charge in [-0.3, -0.25) is 9.00 Å². The number of rotatable bonds is 5. The fourth-order valence-electron chi connectivity index (χ4n) is 1.09. The van der Waals surface area contributed by atoms with Crippen LogP contribution in [0.25, 0.3) is 0 Å². The molecule has 0 aliphatic heterocycles. The van der Waals surface area contributed by atoms with E-state index < -0.39 is 16.8 Å². The van der Waals surface area contributed by atoms with Crippen molar-refractivity contribution < 1.29 is 14.1 Å². The van der Waals surface area contributed by atoms with Crippen molar-refractivity contribution in [1.82, 2.24) is 0 Å². The summed E-state index contributed by atoms with van der Waals surface area (Å²) in [6.07, 6.45) is -0.0894. The first kappa shape index (κ1) is 13.5. The molecule has 3 nitrogen and oxygen atoms in total. The molecule has 0 bridgehead atoms. The number of hydrogen-bond donors (Lipinski definition) is 1. The second-order valence-electron chi connectivity index (χ2n) is 3.18. The van der Waals surface area contributed by atoms with Crippen LogP contribution in [0.15, 0.2) is 18.2 Å². The maximum atomic E-state index is 11.5. The minimum absolute atomic E-state index is 0.0894. The fraction of sp³-hybridized carbons (Fsp3) is 0.300. The number of aliphatic carboxylic acids is 1. The zero-order valence-electron chi connectivity index (χ0n) is 8.28. The first-order valence-electron chi connectivity index (χ1n) is 4.49. The lowest BCUT2D eigenvalue weighted by molar-refractivity contribution is -0.136. The van der Waals surface area contributed by atoms with E-state index in [-0.39, 0.29) is 12.2 Å². The highest BCUT2D eigenvalue weighted by atomic mass is 35.5. The lowest BCUT2D eigenvalue weighted by Crippen LogP contribution is -2.06. The van der Waals surface area contributed by atoms with Gasteiger partial charge >= 0.3 is 5.97 Å². The van der Waals surface area contributed by atoms with E-state index in [0.717, 1.165) is 5.56 Å². The standard InChI is InChI=1S/C10H10Cl2O3S/c11-8-2-1-7(5-9(8)12)6-16(15)4-3-10(13)14/h1-2,5H,3-4,6H2,(H,13,14). The van der Waals surface area contributed by atoms with E-state index >= 15 is 0 Å². The largest absolute Gasteiger partial charge is 0.481 e. The molecule has 1 N–H and O–H groups in total. The van der Waals surface area contributed by atoms with E-state index in [4.69, 9.17) is 28.3 Å². The zero-order chi connectivity index (χ0) is 12.1. The number of benzene rings is 1.